The van der Waals surface area contributed by atoms with Gasteiger partial charge < -0.3 is 9.47 Å². The van der Waals surface area contributed by atoms with E-state index in [-0.39, 0.29) is 5.78 Å². The van der Waals surface area contributed by atoms with Crippen molar-refractivity contribution in [2.24, 2.45) is 5.92 Å². The molecule has 1 amide bonds. The number of ketones is 1. The first kappa shape index (κ1) is 13.8. The largest absolute Gasteiger partial charge is 0.468 e. The number of hydrogen-bond donors (Lipinski definition) is 0. The minimum atomic E-state index is -0.851. The Kier molecular flexibility index (Phi) is 3.28. The topological polar surface area (TPSA) is 72.9 Å². The van der Waals surface area contributed by atoms with Crippen molar-refractivity contribution in [2.45, 2.75) is 51.3 Å². The molecule has 2 saturated heterocycles. The molecular weight excluding hydrogens is 250 g/mol. The monoisotopic (exact) mass is 269 g/mol. The van der Waals surface area contributed by atoms with Crippen molar-refractivity contribution >= 4 is 17.8 Å². The van der Waals surface area contributed by atoms with E-state index in [1.54, 1.807) is 20.8 Å². The van der Waals surface area contributed by atoms with E-state index in [2.05, 4.69) is 4.74 Å². The van der Waals surface area contributed by atoms with Crippen LogP contribution in [0.15, 0.2) is 0 Å². The summed E-state index contributed by atoms with van der Waals surface area (Å²) in [5.41, 5.74) is -0.622. The molecule has 2 aliphatic heterocycles. The van der Waals surface area contributed by atoms with Crippen LogP contribution in [-0.4, -0.2) is 47.5 Å². The molecule has 2 aliphatic rings. The maximum absolute atomic E-state index is 12.1. The number of carbonyl (C=O) groups is 3. The summed E-state index contributed by atoms with van der Waals surface area (Å²) in [6.07, 6.45) is 0.700. The third-order valence-corrected chi connectivity index (χ3v) is 3.51. The van der Waals surface area contributed by atoms with Crippen molar-refractivity contribution in [1.82, 2.24) is 4.90 Å². The first-order chi connectivity index (χ1) is 8.76. The first-order valence-corrected chi connectivity index (χ1v) is 6.39. The van der Waals surface area contributed by atoms with Gasteiger partial charge in [-0.2, -0.15) is 0 Å². The van der Waals surface area contributed by atoms with Gasteiger partial charge in [-0.25, -0.2) is 4.79 Å². The van der Waals surface area contributed by atoms with Crippen molar-refractivity contribution in [3.63, 3.8) is 0 Å². The zero-order chi connectivity index (χ0) is 14.4. The molecule has 0 aromatic rings. The second-order valence-corrected chi connectivity index (χ2v) is 5.95. The average molecular weight is 269 g/mol. The molecule has 19 heavy (non-hydrogen) atoms. The minimum Gasteiger partial charge on any atom is -0.468 e. The molecule has 0 aliphatic carbocycles. The maximum Gasteiger partial charge on any atom is 0.411 e. The zero-order valence-corrected chi connectivity index (χ0v) is 11.6. The van der Waals surface area contributed by atoms with E-state index in [4.69, 9.17) is 4.74 Å². The van der Waals surface area contributed by atoms with Crippen molar-refractivity contribution in [3.8, 4) is 0 Å². The molecule has 2 rings (SSSR count). The summed E-state index contributed by atoms with van der Waals surface area (Å²) in [6.45, 7) is 5.30. The number of rotatable bonds is 1. The Morgan fingerprint density at radius 2 is 1.89 bits per heavy atom. The lowest BCUT2D eigenvalue weighted by Crippen LogP contribution is -2.41. The summed E-state index contributed by atoms with van der Waals surface area (Å²) in [6, 6.07) is -0.955. The van der Waals surface area contributed by atoms with Crippen LogP contribution in [0.2, 0.25) is 0 Å². The Bertz CT molecular complexity index is 425. The van der Waals surface area contributed by atoms with Gasteiger partial charge >= 0.3 is 12.1 Å². The van der Waals surface area contributed by atoms with Crippen LogP contribution in [0.1, 0.15) is 33.6 Å². The molecule has 2 bridgehead atoms. The summed E-state index contributed by atoms with van der Waals surface area (Å²) in [5.74, 6) is -1.64. The van der Waals surface area contributed by atoms with Gasteiger partial charge in [-0.15, -0.1) is 0 Å². The molecule has 6 nitrogen and oxygen atoms in total. The van der Waals surface area contributed by atoms with E-state index >= 15 is 0 Å². The molecule has 0 N–H and O–H groups in total. The van der Waals surface area contributed by atoms with Gasteiger partial charge in [-0.05, 0) is 33.6 Å². The summed E-state index contributed by atoms with van der Waals surface area (Å²) in [4.78, 5) is 37.3. The SMILES string of the molecule is COC(=O)C1C(=O)[C@H]2CC[C@H]1N2C(=O)OC(C)(C)C. The molecule has 0 spiro atoms. The molecule has 3 atom stereocenters. The highest BCUT2D eigenvalue weighted by molar-refractivity contribution is 6.07. The third kappa shape index (κ3) is 2.31. The van der Waals surface area contributed by atoms with Gasteiger partial charge in [0.2, 0.25) is 0 Å². The number of esters is 1. The van der Waals surface area contributed by atoms with E-state index < -0.39 is 35.7 Å². The van der Waals surface area contributed by atoms with E-state index in [0.717, 1.165) is 0 Å². The average Bonchev–Trinajstić information content (AvgIpc) is 2.81. The fourth-order valence-corrected chi connectivity index (χ4v) is 2.82. The molecule has 0 saturated carbocycles. The van der Waals surface area contributed by atoms with Crippen LogP contribution >= 0.6 is 0 Å². The Labute approximate surface area is 112 Å². The van der Waals surface area contributed by atoms with Gasteiger partial charge in [0.25, 0.3) is 0 Å². The molecule has 0 aromatic carbocycles. The highest BCUT2D eigenvalue weighted by Crippen LogP contribution is 2.40. The lowest BCUT2D eigenvalue weighted by Gasteiger charge is -2.27. The van der Waals surface area contributed by atoms with Gasteiger partial charge in [0, 0.05) is 0 Å². The molecule has 2 fully saturated rings. The Hall–Kier alpha value is -1.59. The summed E-state index contributed by atoms with van der Waals surface area (Å²) >= 11 is 0. The number of methoxy groups -OCH3 is 1. The van der Waals surface area contributed by atoms with Gasteiger partial charge in [-0.1, -0.05) is 0 Å². The number of carbonyl (C=O) groups excluding carboxylic acids is 3. The first-order valence-electron chi connectivity index (χ1n) is 6.39. The van der Waals surface area contributed by atoms with Gasteiger partial charge in [0.15, 0.2) is 5.78 Å². The van der Waals surface area contributed by atoms with Crippen LogP contribution < -0.4 is 0 Å². The molecule has 2 heterocycles. The lowest BCUT2D eigenvalue weighted by molar-refractivity contribution is -0.149. The number of Topliss-reactive ketones (excluding diaryl/α,β-unsaturated/α-hetero) is 1. The third-order valence-electron chi connectivity index (χ3n) is 3.51. The summed E-state index contributed by atoms with van der Waals surface area (Å²) in [7, 11) is 1.25. The Morgan fingerprint density at radius 3 is 2.42 bits per heavy atom. The van der Waals surface area contributed by atoms with Crippen LogP contribution in [0.25, 0.3) is 0 Å². The van der Waals surface area contributed by atoms with E-state index in [9.17, 15) is 14.4 Å². The Balaban J connectivity index is 2.19. The van der Waals surface area contributed by atoms with E-state index in [1.807, 2.05) is 0 Å². The van der Waals surface area contributed by atoms with Crippen molar-refractivity contribution < 1.29 is 23.9 Å². The number of amides is 1. The predicted molar refractivity (Wildman–Crippen MR) is 65.4 cm³/mol. The second kappa shape index (κ2) is 4.51. The van der Waals surface area contributed by atoms with Gasteiger partial charge in [0.1, 0.15) is 11.5 Å². The van der Waals surface area contributed by atoms with E-state index in [1.165, 1.54) is 12.0 Å². The van der Waals surface area contributed by atoms with Crippen LogP contribution in [-0.2, 0) is 19.1 Å². The minimum absolute atomic E-state index is 0.228. The number of hydrogen-bond acceptors (Lipinski definition) is 5. The normalized spacial score (nSPS) is 29.6. The van der Waals surface area contributed by atoms with Crippen molar-refractivity contribution in [2.75, 3.05) is 7.11 Å². The fraction of sp³-hybridized carbons (Fsp3) is 0.769. The zero-order valence-electron chi connectivity index (χ0n) is 11.6. The highest BCUT2D eigenvalue weighted by atomic mass is 16.6. The highest BCUT2D eigenvalue weighted by Gasteiger charge is 2.58. The molecule has 106 valence electrons. The summed E-state index contributed by atoms with van der Waals surface area (Å²) < 4.78 is 9.94. The maximum atomic E-state index is 12.1. The van der Waals surface area contributed by atoms with E-state index in [0.29, 0.717) is 12.8 Å². The quantitative estimate of drug-likeness (QED) is 0.527. The molecule has 0 aromatic heterocycles. The fourth-order valence-electron chi connectivity index (χ4n) is 2.82. The van der Waals surface area contributed by atoms with Crippen LogP contribution in [0.3, 0.4) is 0 Å². The van der Waals surface area contributed by atoms with Crippen molar-refractivity contribution in [3.05, 3.63) is 0 Å². The van der Waals surface area contributed by atoms with Crippen LogP contribution in [0.5, 0.6) is 0 Å². The lowest BCUT2D eigenvalue weighted by atomic mass is 9.88. The standard InChI is InChI=1S/C13H19NO5/c1-13(2,3)19-12(17)14-7-5-6-8(14)10(15)9(7)11(16)18-4/h7-9H,5-6H2,1-4H3/t7-,8-,9?/m1/s1. The molecule has 6 heteroatoms. The van der Waals surface area contributed by atoms with Gasteiger partial charge in [0.05, 0.1) is 19.2 Å². The Morgan fingerprint density at radius 1 is 1.26 bits per heavy atom. The van der Waals surface area contributed by atoms with Crippen LogP contribution in [0.4, 0.5) is 4.79 Å². The predicted octanol–water partition coefficient (Wildman–Crippen LogP) is 1.13. The second-order valence-electron chi connectivity index (χ2n) is 5.95. The number of fused-ring (bicyclic) bond motifs is 2. The van der Waals surface area contributed by atoms with Crippen molar-refractivity contribution in [1.29, 1.82) is 0 Å². The molecule has 0 radical (unpaired) electrons. The summed E-state index contributed by atoms with van der Waals surface area (Å²) in [5, 5.41) is 0. The number of nitrogens with zero attached hydrogens (tertiary/aromatic N) is 1. The smallest absolute Gasteiger partial charge is 0.411 e. The van der Waals surface area contributed by atoms with Gasteiger partial charge in [-0.3, -0.25) is 14.5 Å². The molecule has 1 unspecified atom stereocenters. The molecular formula is C13H19NO5. The van der Waals surface area contributed by atoms with Crippen LogP contribution in [0, 0.1) is 5.92 Å². The number of ether oxygens (including phenoxy) is 2.